The van der Waals surface area contributed by atoms with Gasteiger partial charge in [-0.3, -0.25) is 0 Å². The molecule has 1 heterocycles. The number of ether oxygens (including phenoxy) is 2. The van der Waals surface area contributed by atoms with Crippen LogP contribution in [0.5, 0.6) is 0 Å². The van der Waals surface area contributed by atoms with Gasteiger partial charge < -0.3 is 9.47 Å². The molecule has 1 aromatic rings. The van der Waals surface area contributed by atoms with Gasteiger partial charge in [-0.15, -0.1) is 0 Å². The summed E-state index contributed by atoms with van der Waals surface area (Å²) in [5, 5.41) is 0. The van der Waals surface area contributed by atoms with Crippen LogP contribution in [0.2, 0.25) is 0 Å². The fraction of sp³-hybridized carbons (Fsp3) is 0.600. The average Bonchev–Trinajstić information content (AvgIpc) is 2.98. The molecule has 92 valence electrons. The fourth-order valence-electron chi connectivity index (χ4n) is 3.12. The van der Waals surface area contributed by atoms with Crippen molar-refractivity contribution in [3.8, 4) is 0 Å². The van der Waals surface area contributed by atoms with Gasteiger partial charge in [0.05, 0.1) is 18.3 Å². The zero-order valence-corrected chi connectivity index (χ0v) is 10.6. The van der Waals surface area contributed by atoms with E-state index in [1.807, 2.05) is 6.07 Å². The van der Waals surface area contributed by atoms with E-state index in [0.717, 1.165) is 6.42 Å². The molecule has 4 atom stereocenters. The Labute approximate surface area is 103 Å². The molecule has 0 N–H and O–H groups in total. The fourth-order valence-corrected chi connectivity index (χ4v) is 3.12. The SMILES string of the molecule is C[C@@H]1C[C@H](OCc2ccccc2)[C@@H]2O[C@]2(C)C1. The van der Waals surface area contributed by atoms with Gasteiger partial charge in [0.2, 0.25) is 0 Å². The lowest BCUT2D eigenvalue weighted by atomic mass is 9.81. The monoisotopic (exact) mass is 232 g/mol. The number of hydrogen-bond acceptors (Lipinski definition) is 2. The zero-order chi connectivity index (χ0) is 11.9. The van der Waals surface area contributed by atoms with Crippen molar-refractivity contribution in [3.63, 3.8) is 0 Å². The highest BCUT2D eigenvalue weighted by Crippen LogP contribution is 2.50. The Kier molecular flexibility index (Phi) is 2.72. The van der Waals surface area contributed by atoms with Crippen LogP contribution < -0.4 is 0 Å². The van der Waals surface area contributed by atoms with E-state index < -0.39 is 0 Å². The molecule has 2 heteroatoms. The minimum absolute atomic E-state index is 0.110. The van der Waals surface area contributed by atoms with Crippen molar-refractivity contribution in [1.29, 1.82) is 0 Å². The second-order valence-corrected chi connectivity index (χ2v) is 5.73. The maximum absolute atomic E-state index is 6.03. The number of benzene rings is 1. The second-order valence-electron chi connectivity index (χ2n) is 5.73. The largest absolute Gasteiger partial charge is 0.371 e. The molecule has 0 amide bonds. The predicted molar refractivity (Wildman–Crippen MR) is 66.7 cm³/mol. The molecule has 1 saturated heterocycles. The van der Waals surface area contributed by atoms with Crippen molar-refractivity contribution in [2.24, 2.45) is 5.92 Å². The lowest BCUT2D eigenvalue weighted by Crippen LogP contribution is -2.34. The summed E-state index contributed by atoms with van der Waals surface area (Å²) >= 11 is 0. The van der Waals surface area contributed by atoms with Gasteiger partial charge in [-0.25, -0.2) is 0 Å². The van der Waals surface area contributed by atoms with Crippen LogP contribution in [0.15, 0.2) is 30.3 Å². The first-order chi connectivity index (χ1) is 8.17. The van der Waals surface area contributed by atoms with Crippen molar-refractivity contribution in [3.05, 3.63) is 35.9 Å². The molecule has 1 aliphatic carbocycles. The van der Waals surface area contributed by atoms with Gasteiger partial charge in [0.15, 0.2) is 0 Å². The van der Waals surface area contributed by atoms with Gasteiger partial charge in [-0.2, -0.15) is 0 Å². The van der Waals surface area contributed by atoms with Gasteiger partial charge in [-0.05, 0) is 31.2 Å². The highest BCUT2D eigenvalue weighted by molar-refractivity contribution is 5.14. The van der Waals surface area contributed by atoms with Gasteiger partial charge in [0, 0.05) is 0 Å². The summed E-state index contributed by atoms with van der Waals surface area (Å²) in [5.74, 6) is 0.708. The zero-order valence-electron chi connectivity index (χ0n) is 10.6. The third-order valence-corrected chi connectivity index (χ3v) is 3.97. The molecule has 3 rings (SSSR count). The average molecular weight is 232 g/mol. The molecule has 0 unspecified atom stereocenters. The highest BCUT2D eigenvalue weighted by atomic mass is 16.6. The van der Waals surface area contributed by atoms with Crippen molar-refractivity contribution in [2.75, 3.05) is 0 Å². The first-order valence-corrected chi connectivity index (χ1v) is 6.51. The molecule has 1 aliphatic heterocycles. The summed E-state index contributed by atoms with van der Waals surface area (Å²) in [6, 6.07) is 10.4. The van der Waals surface area contributed by atoms with Crippen LogP contribution in [0.25, 0.3) is 0 Å². The van der Waals surface area contributed by atoms with Gasteiger partial charge >= 0.3 is 0 Å². The van der Waals surface area contributed by atoms with Crippen LogP contribution in [0.4, 0.5) is 0 Å². The van der Waals surface area contributed by atoms with Crippen LogP contribution in [-0.2, 0) is 16.1 Å². The Bertz CT molecular complexity index is 389. The molecule has 1 aromatic carbocycles. The van der Waals surface area contributed by atoms with Crippen LogP contribution in [0, 0.1) is 5.92 Å². The molecule has 0 radical (unpaired) electrons. The first kappa shape index (κ1) is 11.2. The van der Waals surface area contributed by atoms with Crippen LogP contribution in [-0.4, -0.2) is 17.8 Å². The van der Waals surface area contributed by atoms with Crippen LogP contribution >= 0.6 is 0 Å². The summed E-state index contributed by atoms with van der Waals surface area (Å²) in [6.45, 7) is 5.21. The van der Waals surface area contributed by atoms with E-state index in [1.165, 1.54) is 12.0 Å². The standard InChI is InChI=1S/C15H20O2/c1-11-8-13(14-15(2,9-11)17-14)16-10-12-6-4-3-5-7-12/h3-7,11,13-14H,8-10H2,1-2H3/t11-,13+,14+,15-/m1/s1. The smallest absolute Gasteiger partial charge is 0.113 e. The van der Waals surface area contributed by atoms with Crippen molar-refractivity contribution < 1.29 is 9.47 Å². The summed E-state index contributed by atoms with van der Waals surface area (Å²) in [6.07, 6.45) is 2.93. The summed E-state index contributed by atoms with van der Waals surface area (Å²) in [7, 11) is 0. The Morgan fingerprint density at radius 1 is 1.35 bits per heavy atom. The number of rotatable bonds is 3. The Hall–Kier alpha value is -0.860. The van der Waals surface area contributed by atoms with Crippen molar-refractivity contribution in [2.45, 2.75) is 51.1 Å². The molecule has 2 fully saturated rings. The lowest BCUT2D eigenvalue weighted by Gasteiger charge is -2.27. The third-order valence-electron chi connectivity index (χ3n) is 3.97. The minimum Gasteiger partial charge on any atom is -0.371 e. The Balaban J connectivity index is 1.59. The molecule has 0 bridgehead atoms. The van der Waals surface area contributed by atoms with Crippen molar-refractivity contribution in [1.82, 2.24) is 0 Å². The van der Waals surface area contributed by atoms with Crippen LogP contribution in [0.1, 0.15) is 32.3 Å². The minimum atomic E-state index is 0.110. The molecule has 0 spiro atoms. The Morgan fingerprint density at radius 2 is 2.12 bits per heavy atom. The maximum atomic E-state index is 6.03. The van der Waals surface area contributed by atoms with E-state index in [9.17, 15) is 0 Å². The molecule has 2 aliphatic rings. The highest BCUT2D eigenvalue weighted by Gasteiger charge is 2.60. The van der Waals surface area contributed by atoms with E-state index in [1.54, 1.807) is 0 Å². The molecule has 2 nitrogen and oxygen atoms in total. The molecule has 0 aromatic heterocycles. The number of hydrogen-bond donors (Lipinski definition) is 0. The quantitative estimate of drug-likeness (QED) is 0.747. The summed E-state index contributed by atoms with van der Waals surface area (Å²) in [5.41, 5.74) is 1.35. The topological polar surface area (TPSA) is 21.8 Å². The first-order valence-electron chi connectivity index (χ1n) is 6.51. The normalized spacial score (nSPS) is 39.8. The van der Waals surface area contributed by atoms with E-state index in [0.29, 0.717) is 18.6 Å². The van der Waals surface area contributed by atoms with E-state index in [-0.39, 0.29) is 11.7 Å². The Morgan fingerprint density at radius 3 is 2.88 bits per heavy atom. The molecular weight excluding hydrogens is 212 g/mol. The van der Waals surface area contributed by atoms with Gasteiger partial charge in [-0.1, -0.05) is 37.3 Å². The van der Waals surface area contributed by atoms with Crippen molar-refractivity contribution >= 4 is 0 Å². The lowest BCUT2D eigenvalue weighted by molar-refractivity contribution is 0.00282. The molecule has 1 saturated carbocycles. The van der Waals surface area contributed by atoms with Gasteiger partial charge in [0.1, 0.15) is 6.10 Å². The predicted octanol–water partition coefficient (Wildman–Crippen LogP) is 3.16. The van der Waals surface area contributed by atoms with E-state index in [4.69, 9.17) is 9.47 Å². The van der Waals surface area contributed by atoms with Gasteiger partial charge in [0.25, 0.3) is 0 Å². The molecular formula is C15H20O2. The molecule has 17 heavy (non-hydrogen) atoms. The van der Waals surface area contributed by atoms with Crippen LogP contribution in [0.3, 0.4) is 0 Å². The summed E-state index contributed by atoms with van der Waals surface area (Å²) in [4.78, 5) is 0. The van der Waals surface area contributed by atoms with E-state index >= 15 is 0 Å². The maximum Gasteiger partial charge on any atom is 0.113 e. The second kappa shape index (κ2) is 4.11. The number of epoxide rings is 1. The summed E-state index contributed by atoms with van der Waals surface area (Å²) < 4.78 is 11.8. The van der Waals surface area contributed by atoms with E-state index in [2.05, 4.69) is 38.1 Å². The number of fused-ring (bicyclic) bond motifs is 1. The third kappa shape index (κ3) is 2.24.